The Labute approximate surface area is 161 Å². The third-order valence-electron chi connectivity index (χ3n) is 4.52. The monoisotopic (exact) mass is 391 g/mol. The average Bonchev–Trinajstić information content (AvgIpc) is 2.96. The van der Waals surface area contributed by atoms with Crippen LogP contribution in [0.2, 0.25) is 0 Å². The van der Waals surface area contributed by atoms with Gasteiger partial charge in [0.25, 0.3) is 5.91 Å². The number of nitrogen functional groups attached to an aromatic ring is 1. The van der Waals surface area contributed by atoms with Gasteiger partial charge in [-0.2, -0.15) is 0 Å². The Morgan fingerprint density at radius 3 is 2.73 bits per heavy atom. The van der Waals surface area contributed by atoms with Crippen molar-refractivity contribution in [2.24, 2.45) is 0 Å². The number of benzene rings is 1. The molecule has 1 aromatic heterocycles. The number of amides is 1. The van der Waals surface area contributed by atoms with Gasteiger partial charge in [0.15, 0.2) is 3.95 Å². The summed E-state index contributed by atoms with van der Waals surface area (Å²) in [7, 11) is 1.33. The largest absolute Gasteiger partial charge is 0.465 e. The molecule has 1 aliphatic rings. The summed E-state index contributed by atoms with van der Waals surface area (Å²) in [5.41, 5.74) is 7.25. The molecule has 0 aliphatic heterocycles. The van der Waals surface area contributed by atoms with E-state index >= 15 is 0 Å². The minimum atomic E-state index is -0.442. The summed E-state index contributed by atoms with van der Waals surface area (Å²) in [6.07, 6.45) is 5.49. The number of thiazole rings is 1. The zero-order valence-electron chi connectivity index (χ0n) is 14.5. The van der Waals surface area contributed by atoms with Crippen LogP contribution in [0.4, 0.5) is 5.82 Å². The Balaban J connectivity index is 1.89. The molecule has 1 heterocycles. The predicted molar refractivity (Wildman–Crippen MR) is 105 cm³/mol. The van der Waals surface area contributed by atoms with Crippen LogP contribution in [0, 0.1) is 3.95 Å². The first kappa shape index (κ1) is 18.6. The lowest BCUT2D eigenvalue weighted by Crippen LogP contribution is -2.36. The zero-order valence-corrected chi connectivity index (χ0v) is 16.1. The molecule has 0 spiro atoms. The van der Waals surface area contributed by atoms with Crippen molar-refractivity contribution in [1.82, 2.24) is 9.88 Å². The van der Waals surface area contributed by atoms with Gasteiger partial charge in [-0.3, -0.25) is 9.36 Å². The number of nitrogens with zero attached hydrogens (tertiary/aromatic N) is 1. The second kappa shape index (κ2) is 8.01. The highest BCUT2D eigenvalue weighted by molar-refractivity contribution is 7.73. The van der Waals surface area contributed by atoms with Crippen molar-refractivity contribution >= 4 is 41.2 Å². The number of carbonyl (C=O) groups is 2. The van der Waals surface area contributed by atoms with Crippen LogP contribution in [0.15, 0.2) is 24.3 Å². The second-order valence-electron chi connectivity index (χ2n) is 6.27. The lowest BCUT2D eigenvalue weighted by molar-refractivity contribution is 0.0600. The molecule has 2 aromatic rings. The smallest absolute Gasteiger partial charge is 0.337 e. The van der Waals surface area contributed by atoms with Crippen molar-refractivity contribution in [2.75, 3.05) is 12.8 Å². The summed E-state index contributed by atoms with van der Waals surface area (Å²) in [6.45, 7) is 0. The number of carbonyl (C=O) groups excluding carboxylic acids is 2. The Morgan fingerprint density at radius 1 is 1.31 bits per heavy atom. The Hall–Kier alpha value is -2.19. The van der Waals surface area contributed by atoms with E-state index < -0.39 is 5.97 Å². The number of hydrogen-bond acceptors (Lipinski definition) is 6. The van der Waals surface area contributed by atoms with Crippen LogP contribution >= 0.6 is 23.6 Å². The van der Waals surface area contributed by atoms with Crippen LogP contribution in [0.25, 0.3) is 5.69 Å². The first-order chi connectivity index (χ1) is 12.5. The summed E-state index contributed by atoms with van der Waals surface area (Å²) in [5.74, 6) is -0.342. The molecule has 1 saturated carbocycles. The number of esters is 1. The molecule has 8 heteroatoms. The topological polar surface area (TPSA) is 86.3 Å². The highest BCUT2D eigenvalue weighted by atomic mass is 32.1. The van der Waals surface area contributed by atoms with Crippen LogP contribution in [-0.2, 0) is 4.74 Å². The fraction of sp³-hybridized carbons (Fsp3) is 0.389. The SMILES string of the molecule is COC(=O)c1cccc(-n2c(N)c(C(=O)NC3CCCCC3)sc2=S)c1. The average molecular weight is 392 g/mol. The Kier molecular flexibility index (Phi) is 5.73. The number of nitrogens with two attached hydrogens (primary N) is 1. The first-order valence-electron chi connectivity index (χ1n) is 8.52. The van der Waals surface area contributed by atoms with Gasteiger partial charge in [-0.25, -0.2) is 4.79 Å². The van der Waals surface area contributed by atoms with E-state index in [9.17, 15) is 9.59 Å². The molecule has 1 aliphatic carbocycles. The number of rotatable bonds is 4. The maximum atomic E-state index is 12.6. The summed E-state index contributed by atoms with van der Waals surface area (Å²) in [6, 6.07) is 7.00. The molecule has 0 unspecified atom stereocenters. The molecule has 0 radical (unpaired) electrons. The molecule has 0 atom stereocenters. The zero-order chi connectivity index (χ0) is 18.7. The van der Waals surface area contributed by atoms with Gasteiger partial charge in [-0.1, -0.05) is 36.7 Å². The summed E-state index contributed by atoms with van der Waals surface area (Å²) >= 11 is 6.59. The second-order valence-corrected chi connectivity index (χ2v) is 7.91. The third kappa shape index (κ3) is 3.81. The maximum absolute atomic E-state index is 12.6. The molecule has 0 bridgehead atoms. The molecule has 1 fully saturated rings. The first-order valence-corrected chi connectivity index (χ1v) is 9.74. The van der Waals surface area contributed by atoms with E-state index in [1.165, 1.54) is 24.9 Å². The van der Waals surface area contributed by atoms with Crippen LogP contribution in [-0.4, -0.2) is 29.6 Å². The molecule has 3 N–H and O–H groups in total. The van der Waals surface area contributed by atoms with Gasteiger partial charge in [0.05, 0.1) is 18.4 Å². The lowest BCUT2D eigenvalue weighted by Gasteiger charge is -2.22. The molecule has 26 heavy (non-hydrogen) atoms. The standard InChI is InChI=1S/C18H21N3O3S2/c1-24-17(23)11-6-5-9-13(10-11)21-15(19)14(26-18(21)25)16(22)20-12-7-3-2-4-8-12/h5-6,9-10,12H,2-4,7-8,19H2,1H3,(H,20,22). The minimum absolute atomic E-state index is 0.187. The van der Waals surface area contributed by atoms with E-state index in [1.807, 2.05) is 0 Å². The number of aromatic nitrogens is 1. The predicted octanol–water partition coefficient (Wildman–Crippen LogP) is 3.70. The van der Waals surface area contributed by atoms with Crippen LogP contribution < -0.4 is 11.1 Å². The number of anilines is 1. The molecule has 1 amide bonds. The third-order valence-corrected chi connectivity index (χ3v) is 5.91. The molecule has 6 nitrogen and oxygen atoms in total. The fourth-order valence-corrected chi connectivity index (χ4v) is 4.45. The van der Waals surface area contributed by atoms with Gasteiger partial charge in [0.1, 0.15) is 10.7 Å². The number of methoxy groups -OCH3 is 1. The van der Waals surface area contributed by atoms with Crippen molar-refractivity contribution in [2.45, 2.75) is 38.1 Å². The van der Waals surface area contributed by atoms with Crippen molar-refractivity contribution in [3.8, 4) is 5.69 Å². The normalized spacial score (nSPS) is 14.8. The summed E-state index contributed by atoms with van der Waals surface area (Å²) in [5, 5.41) is 3.06. The molecule has 138 valence electrons. The van der Waals surface area contributed by atoms with Crippen LogP contribution in [0.5, 0.6) is 0 Å². The number of hydrogen-bond donors (Lipinski definition) is 2. The van der Waals surface area contributed by atoms with Gasteiger partial charge < -0.3 is 15.8 Å². The molecule has 3 rings (SSSR count). The quantitative estimate of drug-likeness (QED) is 0.613. The molecular weight excluding hydrogens is 370 g/mol. The van der Waals surface area contributed by atoms with Gasteiger partial charge in [0, 0.05) is 6.04 Å². The highest BCUT2D eigenvalue weighted by Gasteiger charge is 2.22. The maximum Gasteiger partial charge on any atom is 0.337 e. The fourth-order valence-electron chi connectivity index (χ4n) is 3.18. The minimum Gasteiger partial charge on any atom is -0.465 e. The molecule has 1 aromatic carbocycles. The Bertz CT molecular complexity index is 882. The Morgan fingerprint density at radius 2 is 2.04 bits per heavy atom. The molecular formula is C18H21N3O3S2. The van der Waals surface area contributed by atoms with E-state index in [-0.39, 0.29) is 17.8 Å². The van der Waals surface area contributed by atoms with E-state index in [1.54, 1.807) is 28.8 Å². The van der Waals surface area contributed by atoms with Gasteiger partial charge in [-0.15, -0.1) is 0 Å². The van der Waals surface area contributed by atoms with Gasteiger partial charge in [0.2, 0.25) is 0 Å². The van der Waals surface area contributed by atoms with Crippen molar-refractivity contribution in [1.29, 1.82) is 0 Å². The summed E-state index contributed by atoms with van der Waals surface area (Å²) in [4.78, 5) is 24.8. The van der Waals surface area contributed by atoms with Gasteiger partial charge in [-0.05, 0) is 43.3 Å². The number of nitrogens with one attached hydrogen (secondary N) is 1. The van der Waals surface area contributed by atoms with Crippen molar-refractivity contribution < 1.29 is 14.3 Å². The van der Waals surface area contributed by atoms with E-state index in [4.69, 9.17) is 22.7 Å². The van der Waals surface area contributed by atoms with Gasteiger partial charge >= 0.3 is 5.97 Å². The van der Waals surface area contributed by atoms with Crippen LogP contribution in [0.3, 0.4) is 0 Å². The number of ether oxygens (including phenoxy) is 1. The highest BCUT2D eigenvalue weighted by Crippen LogP contribution is 2.27. The van der Waals surface area contributed by atoms with E-state index in [0.717, 1.165) is 25.7 Å². The summed E-state index contributed by atoms with van der Waals surface area (Å²) < 4.78 is 6.82. The van der Waals surface area contributed by atoms with E-state index in [0.29, 0.717) is 20.1 Å². The van der Waals surface area contributed by atoms with Crippen molar-refractivity contribution in [3.63, 3.8) is 0 Å². The lowest BCUT2D eigenvalue weighted by atomic mass is 9.95. The van der Waals surface area contributed by atoms with Crippen molar-refractivity contribution in [3.05, 3.63) is 38.7 Å². The van der Waals surface area contributed by atoms with Crippen LogP contribution in [0.1, 0.15) is 52.1 Å². The van der Waals surface area contributed by atoms with E-state index in [2.05, 4.69) is 5.32 Å². The molecule has 0 saturated heterocycles.